The quantitative estimate of drug-likeness (QED) is 0.109. The summed E-state index contributed by atoms with van der Waals surface area (Å²) in [7, 11) is 0. The number of hydrogen-bond acceptors (Lipinski definition) is 10. The van der Waals surface area contributed by atoms with Gasteiger partial charge in [0.05, 0.1) is 34.6 Å². The molecule has 76 heavy (non-hydrogen) atoms. The highest BCUT2D eigenvalue weighted by Gasteiger charge is 2.56. The molecule has 2 aliphatic carbocycles. The first-order chi connectivity index (χ1) is 36.9. The van der Waals surface area contributed by atoms with Crippen LogP contribution in [-0.2, 0) is 29.4 Å². The number of piperidine rings is 4. The third kappa shape index (κ3) is 9.42. The monoisotopic (exact) mass is 1030 g/mol. The van der Waals surface area contributed by atoms with Gasteiger partial charge in [0.25, 0.3) is 0 Å². The average Bonchev–Trinajstić information content (AvgIpc) is 4.00. The molecule has 3 aromatic carbocycles. The number of fused-ring (bicyclic) bond motifs is 3. The second-order valence-corrected chi connectivity index (χ2v) is 23.2. The van der Waals surface area contributed by atoms with E-state index < -0.39 is 5.41 Å². The van der Waals surface area contributed by atoms with Crippen molar-refractivity contribution in [3.05, 3.63) is 96.1 Å². The van der Waals surface area contributed by atoms with E-state index in [9.17, 15) is 19.2 Å². The molecular formula is C60H71FN10O5. The Labute approximate surface area is 444 Å². The van der Waals surface area contributed by atoms with Gasteiger partial charge < -0.3 is 34.8 Å². The fourth-order valence-corrected chi connectivity index (χ4v) is 13.8. The molecule has 7 aliphatic rings. The molecule has 2 aromatic heterocycles. The molecule has 5 aromatic rings. The number of imidazole rings is 1. The van der Waals surface area contributed by atoms with Crippen molar-refractivity contribution in [3.8, 4) is 11.3 Å². The molecule has 3 N–H and O–H groups in total. The number of hydrogen-bond donors (Lipinski definition) is 3. The number of likely N-dealkylation sites (tertiary alicyclic amines) is 3. The predicted molar refractivity (Wildman–Crippen MR) is 290 cm³/mol. The van der Waals surface area contributed by atoms with Gasteiger partial charge in [-0.2, -0.15) is 0 Å². The summed E-state index contributed by atoms with van der Waals surface area (Å²) in [6, 6.07) is 23.7. The molecule has 16 heteroatoms. The molecule has 1 unspecified atom stereocenters. The first-order valence-corrected chi connectivity index (χ1v) is 28.3. The van der Waals surface area contributed by atoms with Gasteiger partial charge in [-0.05, 0) is 158 Å². The normalized spacial score (nSPS) is 25.2. The van der Waals surface area contributed by atoms with Crippen molar-refractivity contribution in [2.75, 3.05) is 54.8 Å². The number of pyridine rings is 1. The Kier molecular flexibility index (Phi) is 13.7. The average molecular weight is 1030 g/mol. The highest BCUT2D eigenvalue weighted by molar-refractivity contribution is 6.09. The number of aromatic nitrogens is 3. The maximum atomic E-state index is 15.3. The number of carbonyl (C=O) groups excluding carboxylic acids is 5. The third-order valence-corrected chi connectivity index (χ3v) is 18.4. The van der Waals surface area contributed by atoms with Crippen molar-refractivity contribution in [2.45, 2.75) is 146 Å². The number of imide groups is 1. The van der Waals surface area contributed by atoms with Gasteiger partial charge in [0.15, 0.2) is 5.82 Å². The van der Waals surface area contributed by atoms with Crippen LogP contribution >= 0.6 is 0 Å². The standard InChI is InChI=1S/C60H71FN10O5/c1-37(2)70-36-62-51-35-50(65-55(54(51)70)64-49-9-5-4-8-48(49)61)41-14-20-47-52(32-41)71(45-33-44(34-45)67-26-6-3-7-27-67)59(76)60(47)24-30-69(31-25-60)58(75)40-22-28-68(29-23-40)57(74)39-12-17-43(18-13-39)63-42-15-10-38(11-16-42)46-19-21-53(72)66-56(46)73/h4-5,8-11,14-16,20,32,35-37,39-40,43-46,63H,3,6-7,12-13,17-19,21-31,33-34H2,1-2H3,(H,64,65)(H,66,72,73). The van der Waals surface area contributed by atoms with Crippen molar-refractivity contribution in [1.29, 1.82) is 0 Å². The zero-order valence-corrected chi connectivity index (χ0v) is 43.9. The van der Waals surface area contributed by atoms with Crippen LogP contribution < -0.4 is 20.9 Å². The van der Waals surface area contributed by atoms with Gasteiger partial charge in [0.2, 0.25) is 29.5 Å². The van der Waals surface area contributed by atoms with Gasteiger partial charge in [-0.25, -0.2) is 14.4 Å². The molecule has 4 saturated heterocycles. The number of benzene rings is 3. The van der Waals surface area contributed by atoms with Gasteiger partial charge in [-0.15, -0.1) is 0 Å². The first kappa shape index (κ1) is 50.2. The zero-order chi connectivity index (χ0) is 52.2. The first-order valence-electron chi connectivity index (χ1n) is 28.3. The summed E-state index contributed by atoms with van der Waals surface area (Å²) >= 11 is 0. The maximum Gasteiger partial charge on any atom is 0.238 e. The third-order valence-electron chi connectivity index (χ3n) is 18.4. The number of nitrogens with zero attached hydrogens (tertiary/aromatic N) is 7. The Morgan fingerprint density at radius 3 is 2.16 bits per heavy atom. The van der Waals surface area contributed by atoms with E-state index >= 15 is 9.18 Å². The molecule has 0 bridgehead atoms. The molecule has 12 rings (SSSR count). The molecule has 7 heterocycles. The van der Waals surface area contributed by atoms with Crippen molar-refractivity contribution < 1.29 is 28.4 Å². The van der Waals surface area contributed by atoms with E-state index in [0.29, 0.717) is 87.9 Å². The lowest BCUT2D eigenvalue weighted by Crippen LogP contribution is -2.58. The van der Waals surface area contributed by atoms with Crippen molar-refractivity contribution in [3.63, 3.8) is 0 Å². The Hall–Kier alpha value is -6.68. The molecule has 2 saturated carbocycles. The topological polar surface area (TPSA) is 165 Å². The molecule has 5 aliphatic heterocycles. The van der Waals surface area contributed by atoms with Gasteiger partial charge in [0.1, 0.15) is 11.3 Å². The summed E-state index contributed by atoms with van der Waals surface area (Å²) in [5, 5.41) is 9.36. The number of anilines is 4. The molecule has 6 fully saturated rings. The van der Waals surface area contributed by atoms with Gasteiger partial charge >= 0.3 is 0 Å². The number of halogens is 1. The second kappa shape index (κ2) is 20.7. The van der Waals surface area contributed by atoms with Gasteiger partial charge in [-0.1, -0.05) is 42.8 Å². The number of nitrogens with one attached hydrogen (secondary N) is 3. The van der Waals surface area contributed by atoms with E-state index in [0.717, 1.165) is 90.7 Å². The second-order valence-electron chi connectivity index (χ2n) is 23.2. The molecule has 0 radical (unpaired) electrons. The Balaban J connectivity index is 0.699. The van der Waals surface area contributed by atoms with Crippen LogP contribution in [0.4, 0.5) is 27.3 Å². The summed E-state index contributed by atoms with van der Waals surface area (Å²) < 4.78 is 17.2. The minimum Gasteiger partial charge on any atom is -0.382 e. The highest BCUT2D eigenvalue weighted by Crippen LogP contribution is 2.52. The Bertz CT molecular complexity index is 3030. The fraction of sp³-hybridized carbons (Fsp3) is 0.517. The summed E-state index contributed by atoms with van der Waals surface area (Å²) in [4.78, 5) is 86.1. The van der Waals surface area contributed by atoms with E-state index in [1.165, 1.54) is 25.3 Å². The molecule has 15 nitrogen and oxygen atoms in total. The van der Waals surface area contributed by atoms with Crippen molar-refractivity contribution in [1.82, 2.24) is 34.6 Å². The fourth-order valence-electron chi connectivity index (χ4n) is 13.8. The maximum absolute atomic E-state index is 15.3. The van der Waals surface area contributed by atoms with Crippen LogP contribution in [0.5, 0.6) is 0 Å². The molecule has 1 spiro atoms. The van der Waals surface area contributed by atoms with E-state index in [-0.39, 0.29) is 71.2 Å². The Morgan fingerprint density at radius 1 is 0.763 bits per heavy atom. The lowest BCUT2D eigenvalue weighted by molar-refractivity contribution is -0.144. The van der Waals surface area contributed by atoms with Crippen LogP contribution in [0.3, 0.4) is 0 Å². The van der Waals surface area contributed by atoms with Crippen molar-refractivity contribution in [2.24, 2.45) is 11.8 Å². The number of rotatable bonds is 11. The van der Waals surface area contributed by atoms with Gasteiger partial charge in [0, 0.05) is 85.5 Å². The summed E-state index contributed by atoms with van der Waals surface area (Å²) in [5.74, 6) is -0.305. The number of para-hydroxylation sites is 1. The van der Waals surface area contributed by atoms with Crippen LogP contribution in [0.25, 0.3) is 22.3 Å². The zero-order valence-electron chi connectivity index (χ0n) is 43.9. The SMILES string of the molecule is CC(C)n1cnc2cc(-c3ccc4c(c3)N(C3CC(N5CCCCC5)C3)C(=O)C43CCN(C(=O)C4CCN(C(=O)C5CCC(Nc6ccc(C7CCC(=O)NC7=O)cc6)CC5)CC4)CC3)nc(Nc3ccccc3F)c21. The van der Waals surface area contributed by atoms with E-state index in [4.69, 9.17) is 9.97 Å². The van der Waals surface area contributed by atoms with E-state index in [2.05, 4.69) is 57.8 Å². The van der Waals surface area contributed by atoms with Crippen LogP contribution in [0, 0.1) is 17.7 Å². The lowest BCUT2D eigenvalue weighted by atomic mass is 9.73. The predicted octanol–water partition coefficient (Wildman–Crippen LogP) is 9.22. The van der Waals surface area contributed by atoms with E-state index in [1.807, 2.05) is 44.7 Å². The lowest BCUT2D eigenvalue weighted by Gasteiger charge is -2.48. The highest BCUT2D eigenvalue weighted by atomic mass is 19.1. The molecule has 5 amide bonds. The van der Waals surface area contributed by atoms with Crippen LogP contribution in [0.15, 0.2) is 79.1 Å². The molecule has 398 valence electrons. The number of carbonyl (C=O) groups is 5. The van der Waals surface area contributed by atoms with Crippen LogP contribution in [-0.4, -0.2) is 116 Å². The van der Waals surface area contributed by atoms with E-state index in [1.54, 1.807) is 24.5 Å². The summed E-state index contributed by atoms with van der Waals surface area (Å²) in [5.41, 5.74) is 6.50. The van der Waals surface area contributed by atoms with Gasteiger partial charge in [-0.3, -0.25) is 29.3 Å². The minimum absolute atomic E-state index is 0.0221. The molecular weight excluding hydrogens is 960 g/mol. The minimum atomic E-state index is -0.738. The number of amides is 5. The smallest absolute Gasteiger partial charge is 0.238 e. The van der Waals surface area contributed by atoms with Crippen LogP contribution in [0.1, 0.15) is 133 Å². The molecule has 1 atom stereocenters. The summed E-state index contributed by atoms with van der Waals surface area (Å²) in [6.45, 7) is 8.57. The largest absolute Gasteiger partial charge is 0.382 e. The van der Waals surface area contributed by atoms with Crippen LogP contribution in [0.2, 0.25) is 0 Å². The van der Waals surface area contributed by atoms with Crippen molar-refractivity contribution >= 4 is 63.4 Å². The Morgan fingerprint density at radius 2 is 1.46 bits per heavy atom. The summed E-state index contributed by atoms with van der Waals surface area (Å²) in [6.07, 6.45) is 14.1.